The molecule has 1 aromatic carbocycles. The molecule has 0 aliphatic heterocycles. The third-order valence-electron chi connectivity index (χ3n) is 3.13. The van der Waals surface area contributed by atoms with E-state index in [9.17, 15) is 9.59 Å². The second-order valence-corrected chi connectivity index (χ2v) is 5.72. The number of hydrogen-bond acceptors (Lipinski definition) is 4. The smallest absolute Gasteiger partial charge is 0.244 e. The number of halogens is 1. The molecule has 0 saturated heterocycles. The number of amides is 2. The summed E-state index contributed by atoms with van der Waals surface area (Å²) < 4.78 is 10.4. The van der Waals surface area contributed by atoms with Crippen LogP contribution >= 0.6 is 11.6 Å². The van der Waals surface area contributed by atoms with Gasteiger partial charge >= 0.3 is 0 Å². The lowest BCUT2D eigenvalue weighted by molar-refractivity contribution is -0.124. The number of hydrogen-bond donors (Lipinski definition) is 2. The van der Waals surface area contributed by atoms with Crippen molar-refractivity contribution in [2.45, 2.75) is 13.8 Å². The van der Waals surface area contributed by atoms with Gasteiger partial charge < -0.3 is 20.1 Å². The van der Waals surface area contributed by atoms with Gasteiger partial charge in [-0.15, -0.1) is 0 Å². The van der Waals surface area contributed by atoms with Crippen LogP contribution in [-0.2, 0) is 9.59 Å². The third kappa shape index (κ3) is 6.12. The third-order valence-corrected chi connectivity index (χ3v) is 3.41. The van der Waals surface area contributed by atoms with Gasteiger partial charge in [-0.1, -0.05) is 25.4 Å². The molecule has 0 saturated carbocycles. The molecule has 132 valence electrons. The van der Waals surface area contributed by atoms with Crippen LogP contribution in [0, 0.1) is 5.92 Å². The summed E-state index contributed by atoms with van der Waals surface area (Å²) >= 11 is 6.11. The predicted molar refractivity (Wildman–Crippen MR) is 94.4 cm³/mol. The quantitative estimate of drug-likeness (QED) is 0.554. The van der Waals surface area contributed by atoms with Crippen LogP contribution in [0.25, 0.3) is 6.08 Å². The van der Waals surface area contributed by atoms with Crippen LogP contribution in [0.3, 0.4) is 0 Å². The minimum absolute atomic E-state index is 0.0419. The number of methoxy groups -OCH3 is 2. The molecule has 1 aromatic rings. The molecular weight excluding hydrogens is 332 g/mol. The molecule has 2 amide bonds. The maximum Gasteiger partial charge on any atom is 0.244 e. The summed E-state index contributed by atoms with van der Waals surface area (Å²) in [6.07, 6.45) is 3.01. The summed E-state index contributed by atoms with van der Waals surface area (Å²) in [5.74, 6) is 0.554. The molecule has 7 heteroatoms. The fourth-order valence-corrected chi connectivity index (χ4v) is 2.14. The van der Waals surface area contributed by atoms with Crippen molar-refractivity contribution in [1.82, 2.24) is 10.6 Å². The molecule has 0 aliphatic carbocycles. The molecule has 0 radical (unpaired) electrons. The summed E-state index contributed by atoms with van der Waals surface area (Å²) in [6.45, 7) is 4.36. The number of carbonyl (C=O) groups excluding carboxylic acids is 2. The van der Waals surface area contributed by atoms with Crippen LogP contribution < -0.4 is 20.1 Å². The summed E-state index contributed by atoms with van der Waals surface area (Å²) in [5.41, 5.74) is 0.709. The Morgan fingerprint density at radius 3 is 2.42 bits per heavy atom. The highest BCUT2D eigenvalue weighted by atomic mass is 35.5. The molecule has 0 fully saturated rings. The molecule has 24 heavy (non-hydrogen) atoms. The Bertz CT molecular complexity index is 615. The first-order valence-electron chi connectivity index (χ1n) is 7.54. The van der Waals surface area contributed by atoms with Crippen molar-refractivity contribution in [3.63, 3.8) is 0 Å². The molecule has 0 bridgehead atoms. The SMILES string of the molecule is COc1cc(C=CC(=O)NCCNC(=O)C(C)C)cc(Cl)c1OC. The van der Waals surface area contributed by atoms with Gasteiger partial charge in [0, 0.05) is 25.1 Å². The van der Waals surface area contributed by atoms with E-state index >= 15 is 0 Å². The molecular formula is C17H23ClN2O4. The maximum atomic E-state index is 11.8. The molecule has 0 aromatic heterocycles. The average Bonchev–Trinajstić information content (AvgIpc) is 2.55. The van der Waals surface area contributed by atoms with E-state index in [1.807, 2.05) is 13.8 Å². The highest BCUT2D eigenvalue weighted by Gasteiger charge is 2.10. The first-order chi connectivity index (χ1) is 11.4. The molecule has 0 atom stereocenters. The summed E-state index contributed by atoms with van der Waals surface area (Å²) in [5, 5.41) is 5.80. The zero-order valence-electron chi connectivity index (χ0n) is 14.3. The van der Waals surface area contributed by atoms with Crippen LogP contribution in [0.5, 0.6) is 11.5 Å². The Balaban J connectivity index is 2.55. The molecule has 0 heterocycles. The Kier molecular flexibility index (Phi) is 8.12. The van der Waals surface area contributed by atoms with Crippen LogP contribution in [0.1, 0.15) is 19.4 Å². The molecule has 0 unspecified atom stereocenters. The van der Waals surface area contributed by atoms with Gasteiger partial charge in [0.05, 0.1) is 19.2 Å². The lowest BCUT2D eigenvalue weighted by atomic mass is 10.2. The first kappa shape index (κ1) is 19.8. The van der Waals surface area contributed by atoms with E-state index in [1.165, 1.54) is 20.3 Å². The van der Waals surface area contributed by atoms with E-state index in [1.54, 1.807) is 18.2 Å². The Labute approximate surface area is 147 Å². The van der Waals surface area contributed by atoms with E-state index in [0.29, 0.717) is 35.2 Å². The minimum atomic E-state index is -0.264. The first-order valence-corrected chi connectivity index (χ1v) is 7.92. The van der Waals surface area contributed by atoms with Crippen molar-refractivity contribution < 1.29 is 19.1 Å². The van der Waals surface area contributed by atoms with E-state index in [4.69, 9.17) is 21.1 Å². The zero-order chi connectivity index (χ0) is 18.1. The van der Waals surface area contributed by atoms with Gasteiger partial charge in [-0.3, -0.25) is 9.59 Å². The van der Waals surface area contributed by atoms with Gasteiger partial charge in [-0.05, 0) is 23.8 Å². The van der Waals surface area contributed by atoms with Crippen molar-refractivity contribution in [1.29, 1.82) is 0 Å². The van der Waals surface area contributed by atoms with E-state index < -0.39 is 0 Å². The molecule has 2 N–H and O–H groups in total. The van der Waals surface area contributed by atoms with Crippen molar-refractivity contribution in [2.75, 3.05) is 27.3 Å². The standard InChI is InChI=1S/C17H23ClN2O4/c1-11(2)17(22)20-8-7-19-15(21)6-5-12-9-13(18)16(24-4)14(10-12)23-3/h5-6,9-11H,7-8H2,1-4H3,(H,19,21)(H,20,22). The predicted octanol–water partition coefficient (Wildman–Crippen LogP) is 2.26. The Morgan fingerprint density at radius 2 is 1.83 bits per heavy atom. The van der Waals surface area contributed by atoms with Gasteiger partial charge in [-0.25, -0.2) is 0 Å². The average molecular weight is 355 g/mol. The van der Waals surface area contributed by atoms with Crippen molar-refractivity contribution >= 4 is 29.5 Å². The molecule has 0 aliphatic rings. The van der Waals surface area contributed by atoms with Gasteiger partial charge in [0.15, 0.2) is 11.5 Å². The Hall–Kier alpha value is -2.21. The number of benzene rings is 1. The lowest BCUT2D eigenvalue weighted by Crippen LogP contribution is -2.35. The molecule has 1 rings (SSSR count). The van der Waals surface area contributed by atoms with E-state index in [2.05, 4.69) is 10.6 Å². The number of carbonyl (C=O) groups is 2. The highest BCUT2D eigenvalue weighted by molar-refractivity contribution is 6.32. The molecule has 0 spiro atoms. The van der Waals surface area contributed by atoms with Gasteiger partial charge in [0.25, 0.3) is 0 Å². The second-order valence-electron chi connectivity index (χ2n) is 5.31. The minimum Gasteiger partial charge on any atom is -0.493 e. The summed E-state index contributed by atoms with van der Waals surface area (Å²) in [4.78, 5) is 23.1. The topological polar surface area (TPSA) is 76.7 Å². The van der Waals surface area contributed by atoms with Gasteiger partial charge in [0.2, 0.25) is 11.8 Å². The highest BCUT2D eigenvalue weighted by Crippen LogP contribution is 2.36. The number of rotatable bonds is 8. The monoisotopic (exact) mass is 354 g/mol. The van der Waals surface area contributed by atoms with Crippen LogP contribution in [0.4, 0.5) is 0 Å². The Morgan fingerprint density at radius 1 is 1.17 bits per heavy atom. The van der Waals surface area contributed by atoms with Crippen LogP contribution in [0.15, 0.2) is 18.2 Å². The fraction of sp³-hybridized carbons (Fsp3) is 0.412. The fourth-order valence-electron chi connectivity index (χ4n) is 1.84. The van der Waals surface area contributed by atoms with Crippen molar-refractivity contribution in [3.05, 3.63) is 28.8 Å². The van der Waals surface area contributed by atoms with Crippen molar-refractivity contribution in [2.24, 2.45) is 5.92 Å². The summed E-state index contributed by atoms with van der Waals surface area (Å²) in [6, 6.07) is 3.40. The van der Waals surface area contributed by atoms with Crippen molar-refractivity contribution in [3.8, 4) is 11.5 Å². The molecule has 6 nitrogen and oxygen atoms in total. The maximum absolute atomic E-state index is 11.8. The van der Waals surface area contributed by atoms with Crippen LogP contribution in [0.2, 0.25) is 5.02 Å². The number of ether oxygens (including phenoxy) is 2. The largest absolute Gasteiger partial charge is 0.493 e. The summed E-state index contributed by atoms with van der Waals surface area (Å²) in [7, 11) is 3.02. The van der Waals surface area contributed by atoms with E-state index in [-0.39, 0.29) is 17.7 Å². The van der Waals surface area contributed by atoms with E-state index in [0.717, 1.165) is 0 Å². The lowest BCUT2D eigenvalue weighted by Gasteiger charge is -2.10. The second kappa shape index (κ2) is 9.82. The van der Waals surface area contributed by atoms with Gasteiger partial charge in [-0.2, -0.15) is 0 Å². The van der Waals surface area contributed by atoms with Gasteiger partial charge in [0.1, 0.15) is 0 Å². The normalized spacial score (nSPS) is 10.8. The van der Waals surface area contributed by atoms with Crippen LogP contribution in [-0.4, -0.2) is 39.1 Å². The number of nitrogens with one attached hydrogen (secondary N) is 2. The zero-order valence-corrected chi connectivity index (χ0v) is 15.1.